The van der Waals surface area contributed by atoms with Gasteiger partial charge < -0.3 is 15.2 Å². The molecule has 0 saturated heterocycles. The summed E-state index contributed by atoms with van der Waals surface area (Å²) in [5, 5.41) is 12.6. The highest BCUT2D eigenvalue weighted by Crippen LogP contribution is 2.28. The van der Waals surface area contributed by atoms with E-state index in [1.54, 1.807) is 6.92 Å². The van der Waals surface area contributed by atoms with Crippen molar-refractivity contribution in [2.24, 2.45) is 0 Å². The highest BCUT2D eigenvalue weighted by molar-refractivity contribution is 9.10. The third kappa shape index (κ3) is 4.66. The number of halogens is 1. The van der Waals surface area contributed by atoms with Gasteiger partial charge in [-0.1, -0.05) is 22.9 Å². The average molecular weight is 302 g/mol. The molecule has 0 fully saturated rings. The van der Waals surface area contributed by atoms with E-state index in [1.807, 2.05) is 18.2 Å². The average Bonchev–Trinajstić information content (AvgIpc) is 2.27. The Bertz CT molecular complexity index is 355. The zero-order valence-electron chi connectivity index (χ0n) is 10.5. The summed E-state index contributed by atoms with van der Waals surface area (Å²) in [5.41, 5.74) is 1.10. The first-order chi connectivity index (χ1) is 8.04. The molecule has 0 aliphatic carbocycles. The summed E-state index contributed by atoms with van der Waals surface area (Å²) in [6, 6.07) is 6.14. The Balaban J connectivity index is 2.87. The Morgan fingerprint density at radius 2 is 2.12 bits per heavy atom. The van der Waals surface area contributed by atoms with Gasteiger partial charge in [-0.25, -0.2) is 0 Å². The minimum absolute atomic E-state index is 0.224. The second kappa shape index (κ2) is 6.99. The lowest BCUT2D eigenvalue weighted by Gasteiger charge is -2.18. The number of nitrogens with one attached hydrogen (secondary N) is 1. The quantitative estimate of drug-likeness (QED) is 0.849. The third-order valence-corrected chi connectivity index (χ3v) is 2.92. The first kappa shape index (κ1) is 14.5. The van der Waals surface area contributed by atoms with Gasteiger partial charge in [-0.2, -0.15) is 0 Å². The van der Waals surface area contributed by atoms with Crippen LogP contribution < -0.4 is 10.1 Å². The molecule has 0 aliphatic heterocycles. The first-order valence-corrected chi connectivity index (χ1v) is 6.67. The lowest BCUT2D eigenvalue weighted by Crippen LogP contribution is -2.20. The number of aliphatic hydroxyl groups excluding tert-OH is 1. The second-order valence-corrected chi connectivity index (χ2v) is 5.04. The van der Waals surface area contributed by atoms with Crippen molar-refractivity contribution in [3.05, 3.63) is 28.2 Å². The van der Waals surface area contributed by atoms with Gasteiger partial charge in [0.2, 0.25) is 0 Å². The van der Waals surface area contributed by atoms with Crippen molar-refractivity contribution in [1.29, 1.82) is 0 Å². The van der Waals surface area contributed by atoms with E-state index in [0.29, 0.717) is 6.61 Å². The van der Waals surface area contributed by atoms with Crippen LogP contribution in [0.1, 0.15) is 32.4 Å². The van der Waals surface area contributed by atoms with Gasteiger partial charge in [0, 0.05) is 16.1 Å². The van der Waals surface area contributed by atoms with Crippen LogP contribution >= 0.6 is 15.9 Å². The van der Waals surface area contributed by atoms with Crippen LogP contribution in [0.3, 0.4) is 0 Å². The zero-order valence-corrected chi connectivity index (χ0v) is 12.1. The lowest BCUT2D eigenvalue weighted by atomic mass is 10.1. The van der Waals surface area contributed by atoms with Crippen molar-refractivity contribution in [2.75, 3.05) is 13.2 Å². The van der Waals surface area contributed by atoms with Gasteiger partial charge in [0.05, 0.1) is 6.10 Å². The SMILES string of the molecule is CCNC(C)c1cc(Br)ccc1OCC(C)O. The number of rotatable bonds is 6. The second-order valence-electron chi connectivity index (χ2n) is 4.12. The van der Waals surface area contributed by atoms with E-state index in [-0.39, 0.29) is 6.04 Å². The third-order valence-electron chi connectivity index (χ3n) is 2.43. The molecule has 0 amide bonds. The van der Waals surface area contributed by atoms with E-state index in [9.17, 15) is 5.11 Å². The molecule has 1 aromatic rings. The Labute approximate surface area is 111 Å². The molecule has 3 nitrogen and oxygen atoms in total. The largest absolute Gasteiger partial charge is 0.491 e. The molecule has 1 aromatic carbocycles. The number of hydrogen-bond acceptors (Lipinski definition) is 3. The number of benzene rings is 1. The van der Waals surface area contributed by atoms with E-state index in [4.69, 9.17) is 4.74 Å². The molecule has 96 valence electrons. The fourth-order valence-corrected chi connectivity index (χ4v) is 1.99. The molecule has 4 heteroatoms. The van der Waals surface area contributed by atoms with E-state index in [2.05, 4.69) is 35.1 Å². The standard InChI is InChI=1S/C13H20BrNO2/c1-4-15-10(3)12-7-11(14)5-6-13(12)17-8-9(2)16/h5-7,9-10,15-16H,4,8H2,1-3H3. The topological polar surface area (TPSA) is 41.5 Å². The van der Waals surface area contributed by atoms with Gasteiger partial charge in [-0.3, -0.25) is 0 Å². The summed E-state index contributed by atoms with van der Waals surface area (Å²) in [6.45, 7) is 7.11. The highest BCUT2D eigenvalue weighted by atomic mass is 79.9. The van der Waals surface area contributed by atoms with E-state index in [0.717, 1.165) is 22.3 Å². The fraction of sp³-hybridized carbons (Fsp3) is 0.538. The van der Waals surface area contributed by atoms with Crippen LogP contribution in [0.4, 0.5) is 0 Å². The molecule has 2 N–H and O–H groups in total. The van der Waals surface area contributed by atoms with Crippen LogP contribution in [-0.4, -0.2) is 24.4 Å². The summed E-state index contributed by atoms with van der Waals surface area (Å²) in [6.07, 6.45) is -0.457. The van der Waals surface area contributed by atoms with Crippen LogP contribution in [0.15, 0.2) is 22.7 Å². The van der Waals surface area contributed by atoms with Crippen molar-refractivity contribution >= 4 is 15.9 Å². The van der Waals surface area contributed by atoms with Crippen LogP contribution in [0.25, 0.3) is 0 Å². The lowest BCUT2D eigenvalue weighted by molar-refractivity contribution is 0.122. The molecule has 1 rings (SSSR count). The smallest absolute Gasteiger partial charge is 0.124 e. The molecule has 0 spiro atoms. The number of ether oxygens (including phenoxy) is 1. The summed E-state index contributed by atoms with van der Waals surface area (Å²) in [7, 11) is 0. The highest BCUT2D eigenvalue weighted by Gasteiger charge is 2.12. The zero-order chi connectivity index (χ0) is 12.8. The van der Waals surface area contributed by atoms with Crippen LogP contribution in [0.5, 0.6) is 5.75 Å². The molecule has 17 heavy (non-hydrogen) atoms. The predicted molar refractivity (Wildman–Crippen MR) is 73.4 cm³/mol. The van der Waals surface area contributed by atoms with Crippen molar-refractivity contribution in [2.45, 2.75) is 32.9 Å². The van der Waals surface area contributed by atoms with Crippen LogP contribution in [0, 0.1) is 0 Å². The van der Waals surface area contributed by atoms with E-state index >= 15 is 0 Å². The fourth-order valence-electron chi connectivity index (χ4n) is 1.62. The summed E-state index contributed by atoms with van der Waals surface area (Å²) in [4.78, 5) is 0. The maximum Gasteiger partial charge on any atom is 0.124 e. The molecule has 2 unspecified atom stereocenters. The predicted octanol–water partition coefficient (Wildman–Crippen LogP) is 2.88. The molecule has 2 atom stereocenters. The molecule has 0 radical (unpaired) electrons. The molecule has 0 aliphatic rings. The van der Waals surface area contributed by atoms with Crippen molar-refractivity contribution in [3.63, 3.8) is 0 Å². The number of aliphatic hydroxyl groups is 1. The Hall–Kier alpha value is -0.580. The molecular formula is C13H20BrNO2. The number of hydrogen-bond donors (Lipinski definition) is 2. The van der Waals surface area contributed by atoms with Gasteiger partial charge in [0.15, 0.2) is 0 Å². The van der Waals surface area contributed by atoms with Crippen molar-refractivity contribution < 1.29 is 9.84 Å². The maximum atomic E-state index is 9.25. The summed E-state index contributed by atoms with van der Waals surface area (Å²) >= 11 is 3.46. The summed E-state index contributed by atoms with van der Waals surface area (Å²) < 4.78 is 6.64. The van der Waals surface area contributed by atoms with Gasteiger partial charge in [0.25, 0.3) is 0 Å². The van der Waals surface area contributed by atoms with E-state index < -0.39 is 6.10 Å². The monoisotopic (exact) mass is 301 g/mol. The molecular weight excluding hydrogens is 282 g/mol. The first-order valence-electron chi connectivity index (χ1n) is 5.88. The normalized spacial score (nSPS) is 14.4. The van der Waals surface area contributed by atoms with Gasteiger partial charge in [-0.05, 0) is 38.6 Å². The van der Waals surface area contributed by atoms with Crippen molar-refractivity contribution in [3.8, 4) is 5.75 Å². The minimum Gasteiger partial charge on any atom is -0.491 e. The maximum absolute atomic E-state index is 9.25. The molecule has 0 bridgehead atoms. The minimum atomic E-state index is -0.457. The molecule has 0 aromatic heterocycles. The molecule has 0 saturated carbocycles. The van der Waals surface area contributed by atoms with Crippen LogP contribution in [0.2, 0.25) is 0 Å². The Kier molecular flexibility index (Phi) is 5.95. The van der Waals surface area contributed by atoms with Gasteiger partial charge in [0.1, 0.15) is 12.4 Å². The van der Waals surface area contributed by atoms with Gasteiger partial charge >= 0.3 is 0 Å². The Morgan fingerprint density at radius 1 is 1.41 bits per heavy atom. The Morgan fingerprint density at radius 3 is 2.71 bits per heavy atom. The van der Waals surface area contributed by atoms with E-state index in [1.165, 1.54) is 0 Å². The van der Waals surface area contributed by atoms with Gasteiger partial charge in [-0.15, -0.1) is 0 Å². The molecule has 0 heterocycles. The van der Waals surface area contributed by atoms with Crippen molar-refractivity contribution in [1.82, 2.24) is 5.32 Å². The summed E-state index contributed by atoms with van der Waals surface area (Å²) in [5.74, 6) is 0.822. The van der Waals surface area contributed by atoms with Crippen LogP contribution in [-0.2, 0) is 0 Å².